The Morgan fingerprint density at radius 3 is 2.04 bits per heavy atom. The summed E-state index contributed by atoms with van der Waals surface area (Å²) >= 11 is 5.97. The molecule has 3 rings (SSSR count). The van der Waals surface area contributed by atoms with Gasteiger partial charge in [-0.25, -0.2) is 0 Å². The van der Waals surface area contributed by atoms with E-state index in [1.807, 2.05) is 12.1 Å². The van der Waals surface area contributed by atoms with Gasteiger partial charge in [-0.3, -0.25) is 4.90 Å². The number of halogens is 1. The summed E-state index contributed by atoms with van der Waals surface area (Å²) in [6, 6.07) is 17.0. The summed E-state index contributed by atoms with van der Waals surface area (Å²) in [7, 11) is 0. The molecule has 0 radical (unpaired) electrons. The van der Waals surface area contributed by atoms with Gasteiger partial charge in [-0.15, -0.1) is 0 Å². The van der Waals surface area contributed by atoms with Crippen LogP contribution in [-0.2, 0) is 11.2 Å². The molecule has 3 heteroatoms. The average Bonchev–Trinajstić information content (AvgIpc) is 2.55. The first-order valence-corrected chi connectivity index (χ1v) is 9.60. The third-order valence-corrected chi connectivity index (χ3v) is 5.03. The van der Waals surface area contributed by atoms with E-state index in [-0.39, 0.29) is 0 Å². The number of hydrogen-bond donors (Lipinski definition) is 0. The maximum atomic E-state index is 5.97. The smallest absolute Gasteiger partial charge is 0.0678 e. The number of ether oxygens (including phenoxy) is 1. The highest BCUT2D eigenvalue weighted by Crippen LogP contribution is 2.23. The summed E-state index contributed by atoms with van der Waals surface area (Å²) < 4.78 is 5.83. The van der Waals surface area contributed by atoms with Crippen LogP contribution in [0.2, 0.25) is 5.02 Å². The Morgan fingerprint density at radius 1 is 0.960 bits per heavy atom. The molecule has 2 aromatic rings. The summed E-state index contributed by atoms with van der Waals surface area (Å²) in [6.07, 6.45) is 1.80. The van der Waals surface area contributed by atoms with Crippen LogP contribution in [0, 0.1) is 5.92 Å². The average molecular weight is 358 g/mol. The standard InChI is InChI=1S/C22H28ClNO/c1-16(13-24-14-17(2)25-18(3)15-24)12-19-4-6-20(7-5-19)21-8-10-22(23)11-9-21/h4-11,16-18H,12-15H2,1-3H3. The molecule has 2 nitrogen and oxygen atoms in total. The Bertz CT molecular complexity index is 657. The number of morpholine rings is 1. The van der Waals surface area contributed by atoms with E-state index in [1.54, 1.807) is 0 Å². The summed E-state index contributed by atoms with van der Waals surface area (Å²) in [5, 5.41) is 0.779. The van der Waals surface area contributed by atoms with Crippen molar-refractivity contribution in [2.75, 3.05) is 19.6 Å². The van der Waals surface area contributed by atoms with Gasteiger partial charge in [0.15, 0.2) is 0 Å². The first-order valence-electron chi connectivity index (χ1n) is 9.22. The molecule has 1 aliphatic heterocycles. The lowest BCUT2D eigenvalue weighted by atomic mass is 9.97. The first kappa shape index (κ1) is 18.4. The van der Waals surface area contributed by atoms with Gasteiger partial charge in [0.2, 0.25) is 0 Å². The lowest BCUT2D eigenvalue weighted by Gasteiger charge is -2.36. The maximum Gasteiger partial charge on any atom is 0.0678 e. The van der Waals surface area contributed by atoms with Crippen molar-refractivity contribution in [3.8, 4) is 11.1 Å². The van der Waals surface area contributed by atoms with Crippen LogP contribution in [-0.4, -0.2) is 36.7 Å². The molecule has 1 aliphatic rings. The normalized spacial score (nSPS) is 22.7. The molecule has 0 saturated carbocycles. The number of benzene rings is 2. The lowest BCUT2D eigenvalue weighted by Crippen LogP contribution is -2.47. The van der Waals surface area contributed by atoms with Crippen molar-refractivity contribution in [3.63, 3.8) is 0 Å². The summed E-state index contributed by atoms with van der Waals surface area (Å²) in [5.41, 5.74) is 3.85. The van der Waals surface area contributed by atoms with E-state index in [0.717, 1.165) is 31.1 Å². The van der Waals surface area contributed by atoms with E-state index in [2.05, 4.69) is 62.1 Å². The second-order valence-corrected chi connectivity index (χ2v) is 7.93. The quantitative estimate of drug-likeness (QED) is 0.720. The van der Waals surface area contributed by atoms with Crippen molar-refractivity contribution in [1.29, 1.82) is 0 Å². The minimum atomic E-state index is 0.342. The van der Waals surface area contributed by atoms with Crippen LogP contribution in [0.1, 0.15) is 26.3 Å². The third kappa shape index (κ3) is 5.31. The van der Waals surface area contributed by atoms with Gasteiger partial charge in [0.1, 0.15) is 0 Å². The Balaban J connectivity index is 1.56. The molecule has 1 fully saturated rings. The molecular weight excluding hydrogens is 330 g/mol. The van der Waals surface area contributed by atoms with Crippen molar-refractivity contribution >= 4 is 11.6 Å². The van der Waals surface area contributed by atoms with Crippen LogP contribution in [0.4, 0.5) is 0 Å². The van der Waals surface area contributed by atoms with Gasteiger partial charge in [-0.1, -0.05) is 54.9 Å². The van der Waals surface area contributed by atoms with Gasteiger partial charge >= 0.3 is 0 Å². The second kappa shape index (κ2) is 8.35. The molecule has 1 heterocycles. The van der Waals surface area contributed by atoms with E-state index >= 15 is 0 Å². The van der Waals surface area contributed by atoms with Gasteiger partial charge in [0, 0.05) is 24.7 Å². The Hall–Kier alpha value is -1.35. The molecule has 134 valence electrons. The topological polar surface area (TPSA) is 12.5 Å². The van der Waals surface area contributed by atoms with Gasteiger partial charge in [-0.2, -0.15) is 0 Å². The summed E-state index contributed by atoms with van der Waals surface area (Å²) in [5.74, 6) is 0.638. The zero-order chi connectivity index (χ0) is 17.8. The minimum Gasteiger partial charge on any atom is -0.373 e. The predicted octanol–water partition coefficient (Wildman–Crippen LogP) is 5.29. The molecule has 25 heavy (non-hydrogen) atoms. The van der Waals surface area contributed by atoms with Gasteiger partial charge < -0.3 is 4.74 Å². The summed E-state index contributed by atoms with van der Waals surface area (Å²) in [4.78, 5) is 2.55. The molecule has 0 aromatic heterocycles. The number of nitrogens with zero attached hydrogens (tertiary/aromatic N) is 1. The largest absolute Gasteiger partial charge is 0.373 e. The lowest BCUT2D eigenvalue weighted by molar-refractivity contribution is -0.0708. The van der Waals surface area contributed by atoms with Gasteiger partial charge in [0.05, 0.1) is 12.2 Å². The van der Waals surface area contributed by atoms with Crippen molar-refractivity contribution in [1.82, 2.24) is 4.90 Å². The monoisotopic (exact) mass is 357 g/mol. The zero-order valence-corrected chi connectivity index (χ0v) is 16.2. The van der Waals surface area contributed by atoms with Crippen LogP contribution in [0.5, 0.6) is 0 Å². The van der Waals surface area contributed by atoms with E-state index < -0.39 is 0 Å². The van der Waals surface area contributed by atoms with Gasteiger partial charge in [0.25, 0.3) is 0 Å². The molecule has 3 atom stereocenters. The third-order valence-electron chi connectivity index (χ3n) is 4.78. The van der Waals surface area contributed by atoms with Crippen LogP contribution in [0.15, 0.2) is 48.5 Å². The Labute approximate surface area is 156 Å². The Kier molecular flexibility index (Phi) is 6.16. The molecule has 0 aliphatic carbocycles. The Morgan fingerprint density at radius 2 is 1.48 bits per heavy atom. The predicted molar refractivity (Wildman–Crippen MR) is 106 cm³/mol. The molecule has 0 N–H and O–H groups in total. The second-order valence-electron chi connectivity index (χ2n) is 7.49. The van der Waals surface area contributed by atoms with Crippen molar-refractivity contribution < 1.29 is 4.74 Å². The molecule has 0 spiro atoms. The van der Waals surface area contributed by atoms with E-state index in [1.165, 1.54) is 16.7 Å². The minimum absolute atomic E-state index is 0.342. The maximum absolute atomic E-state index is 5.97. The molecule has 0 amide bonds. The van der Waals surface area contributed by atoms with Crippen molar-refractivity contribution in [2.45, 2.75) is 39.4 Å². The molecule has 1 saturated heterocycles. The van der Waals surface area contributed by atoms with E-state index in [9.17, 15) is 0 Å². The fraction of sp³-hybridized carbons (Fsp3) is 0.455. The van der Waals surface area contributed by atoms with Crippen LogP contribution >= 0.6 is 11.6 Å². The van der Waals surface area contributed by atoms with E-state index in [0.29, 0.717) is 18.1 Å². The highest BCUT2D eigenvalue weighted by molar-refractivity contribution is 6.30. The van der Waals surface area contributed by atoms with Crippen molar-refractivity contribution in [2.24, 2.45) is 5.92 Å². The highest BCUT2D eigenvalue weighted by atomic mass is 35.5. The SMILES string of the molecule is CC(Cc1ccc(-c2ccc(Cl)cc2)cc1)CN1CC(C)OC(C)C1. The van der Waals surface area contributed by atoms with Crippen LogP contribution in [0.3, 0.4) is 0 Å². The number of hydrogen-bond acceptors (Lipinski definition) is 2. The van der Waals surface area contributed by atoms with Gasteiger partial charge in [-0.05, 0) is 55.0 Å². The van der Waals surface area contributed by atoms with E-state index in [4.69, 9.17) is 16.3 Å². The highest BCUT2D eigenvalue weighted by Gasteiger charge is 2.23. The molecule has 0 bridgehead atoms. The fourth-order valence-electron chi connectivity index (χ4n) is 3.82. The summed E-state index contributed by atoms with van der Waals surface area (Å²) in [6.45, 7) is 9.91. The number of rotatable bonds is 5. The van der Waals surface area contributed by atoms with Crippen LogP contribution < -0.4 is 0 Å². The fourth-order valence-corrected chi connectivity index (χ4v) is 3.94. The van der Waals surface area contributed by atoms with Crippen LogP contribution in [0.25, 0.3) is 11.1 Å². The molecular formula is C22H28ClNO. The molecule has 3 unspecified atom stereocenters. The zero-order valence-electron chi connectivity index (χ0n) is 15.4. The first-order chi connectivity index (χ1) is 12.0. The molecule has 2 aromatic carbocycles. The van der Waals surface area contributed by atoms with Crippen molar-refractivity contribution in [3.05, 3.63) is 59.1 Å².